The van der Waals surface area contributed by atoms with Gasteiger partial charge in [-0.2, -0.15) is 5.10 Å². The van der Waals surface area contributed by atoms with Gasteiger partial charge in [-0.05, 0) is 51.9 Å². The molecule has 4 aromatic rings. The van der Waals surface area contributed by atoms with Crippen molar-refractivity contribution in [3.8, 4) is 0 Å². The van der Waals surface area contributed by atoms with Crippen molar-refractivity contribution in [2.24, 2.45) is 5.10 Å². The second-order valence-electron chi connectivity index (χ2n) is 7.25. The number of non-ortho nitro benzene ring substituents is 1. The molecular formula is C24H19IN4O3. The molecular weight excluding hydrogens is 519 g/mol. The van der Waals surface area contributed by atoms with E-state index in [4.69, 9.17) is 0 Å². The summed E-state index contributed by atoms with van der Waals surface area (Å²) in [5.74, 6) is -0.294. The summed E-state index contributed by atoms with van der Waals surface area (Å²) in [5.41, 5.74) is 6.40. The zero-order chi connectivity index (χ0) is 22.5. The Labute approximate surface area is 198 Å². The van der Waals surface area contributed by atoms with Crippen molar-refractivity contribution in [1.29, 1.82) is 0 Å². The Bertz CT molecular complexity index is 1300. The van der Waals surface area contributed by atoms with Gasteiger partial charge in [0, 0.05) is 44.9 Å². The molecule has 0 aliphatic rings. The summed E-state index contributed by atoms with van der Waals surface area (Å²) in [6.07, 6.45) is 3.75. The molecule has 3 aromatic carbocycles. The number of carbonyl (C=O) groups is 1. The Kier molecular flexibility index (Phi) is 6.60. The van der Waals surface area contributed by atoms with E-state index < -0.39 is 4.92 Å². The molecule has 4 rings (SSSR count). The molecule has 32 heavy (non-hydrogen) atoms. The highest BCUT2D eigenvalue weighted by Crippen LogP contribution is 2.21. The van der Waals surface area contributed by atoms with Gasteiger partial charge in [0.15, 0.2) is 0 Å². The highest BCUT2D eigenvalue weighted by molar-refractivity contribution is 14.1. The SMILES string of the molecule is O=C(Cc1ccc([N+](=O)[O-])cc1)N/N=C\c1cn(Cc2ccc(I)cc2)c2ccccc12. The molecule has 0 unspecified atom stereocenters. The lowest BCUT2D eigenvalue weighted by atomic mass is 10.1. The van der Waals surface area contributed by atoms with Gasteiger partial charge in [-0.3, -0.25) is 14.9 Å². The number of rotatable bonds is 7. The summed E-state index contributed by atoms with van der Waals surface area (Å²) in [4.78, 5) is 22.5. The van der Waals surface area contributed by atoms with Gasteiger partial charge >= 0.3 is 0 Å². The number of hydrazone groups is 1. The molecule has 7 nitrogen and oxygen atoms in total. The third-order valence-corrected chi connectivity index (χ3v) is 5.71. The van der Waals surface area contributed by atoms with Crippen LogP contribution in [0, 0.1) is 13.7 Å². The topological polar surface area (TPSA) is 89.5 Å². The van der Waals surface area contributed by atoms with Crippen molar-refractivity contribution in [3.63, 3.8) is 0 Å². The predicted octanol–water partition coefficient (Wildman–Crippen LogP) is 4.90. The second kappa shape index (κ2) is 9.73. The van der Waals surface area contributed by atoms with E-state index in [-0.39, 0.29) is 18.0 Å². The average molecular weight is 538 g/mol. The van der Waals surface area contributed by atoms with E-state index in [2.05, 4.69) is 68.0 Å². The summed E-state index contributed by atoms with van der Waals surface area (Å²) in [6, 6.07) is 22.4. The van der Waals surface area contributed by atoms with Crippen molar-refractivity contribution in [2.45, 2.75) is 13.0 Å². The third kappa shape index (κ3) is 5.20. The number of para-hydroxylation sites is 1. The first-order valence-electron chi connectivity index (χ1n) is 9.87. The molecule has 1 heterocycles. The zero-order valence-electron chi connectivity index (χ0n) is 16.9. The number of nitrogens with zero attached hydrogens (tertiary/aromatic N) is 3. The van der Waals surface area contributed by atoms with Crippen LogP contribution in [0.1, 0.15) is 16.7 Å². The molecule has 0 saturated carbocycles. The Morgan fingerprint density at radius 3 is 2.44 bits per heavy atom. The van der Waals surface area contributed by atoms with Gasteiger partial charge in [-0.25, -0.2) is 5.43 Å². The number of halogens is 1. The normalized spacial score (nSPS) is 11.2. The van der Waals surface area contributed by atoms with Gasteiger partial charge < -0.3 is 4.57 Å². The van der Waals surface area contributed by atoms with Gasteiger partial charge in [0.05, 0.1) is 17.6 Å². The first kappa shape index (κ1) is 21.7. The van der Waals surface area contributed by atoms with Crippen molar-refractivity contribution in [1.82, 2.24) is 9.99 Å². The Morgan fingerprint density at radius 1 is 1.03 bits per heavy atom. The largest absolute Gasteiger partial charge is 0.342 e. The number of nitro benzene ring substituents is 1. The second-order valence-corrected chi connectivity index (χ2v) is 8.50. The first-order chi connectivity index (χ1) is 15.5. The molecule has 0 fully saturated rings. The van der Waals surface area contributed by atoms with Crippen LogP contribution in [0.2, 0.25) is 0 Å². The van der Waals surface area contributed by atoms with Crippen LogP contribution in [0.3, 0.4) is 0 Å². The van der Waals surface area contributed by atoms with Gasteiger partial charge in [0.1, 0.15) is 0 Å². The van der Waals surface area contributed by atoms with Crippen molar-refractivity contribution in [2.75, 3.05) is 0 Å². The number of hydrogen-bond donors (Lipinski definition) is 1. The molecule has 0 spiro atoms. The highest BCUT2D eigenvalue weighted by atomic mass is 127. The van der Waals surface area contributed by atoms with Crippen LogP contribution in [-0.2, 0) is 17.8 Å². The van der Waals surface area contributed by atoms with E-state index in [0.29, 0.717) is 5.56 Å². The fourth-order valence-electron chi connectivity index (χ4n) is 3.43. The Balaban J connectivity index is 1.45. The van der Waals surface area contributed by atoms with E-state index >= 15 is 0 Å². The van der Waals surface area contributed by atoms with Gasteiger partial charge in [0.25, 0.3) is 5.69 Å². The maximum Gasteiger partial charge on any atom is 0.269 e. The van der Waals surface area contributed by atoms with Crippen LogP contribution in [0.4, 0.5) is 5.69 Å². The van der Waals surface area contributed by atoms with Gasteiger partial charge in [-0.1, -0.05) is 42.5 Å². The lowest BCUT2D eigenvalue weighted by molar-refractivity contribution is -0.384. The van der Waals surface area contributed by atoms with Gasteiger partial charge in [0.2, 0.25) is 5.91 Å². The lowest BCUT2D eigenvalue weighted by Crippen LogP contribution is -2.19. The van der Waals surface area contributed by atoms with Crippen LogP contribution < -0.4 is 5.43 Å². The minimum absolute atomic E-state index is 0.00573. The Morgan fingerprint density at radius 2 is 1.72 bits per heavy atom. The molecule has 0 aliphatic heterocycles. The van der Waals surface area contributed by atoms with Gasteiger partial charge in [-0.15, -0.1) is 0 Å². The molecule has 0 atom stereocenters. The van der Waals surface area contributed by atoms with E-state index in [1.54, 1.807) is 18.3 Å². The molecule has 0 saturated heterocycles. The molecule has 1 N–H and O–H groups in total. The van der Waals surface area contributed by atoms with Crippen LogP contribution in [0.15, 0.2) is 84.1 Å². The minimum atomic E-state index is -0.469. The summed E-state index contributed by atoms with van der Waals surface area (Å²) in [6.45, 7) is 0.734. The number of fused-ring (bicyclic) bond motifs is 1. The Hall–Kier alpha value is -3.53. The number of nitrogens with one attached hydrogen (secondary N) is 1. The molecule has 1 aromatic heterocycles. The standard InChI is InChI=1S/C24H19IN4O3/c25-20-9-5-18(6-10-20)15-28-16-19(22-3-1-2-4-23(22)28)14-26-27-24(30)13-17-7-11-21(12-8-17)29(31)32/h1-12,14,16H,13,15H2,(H,27,30)/b26-14-. The molecule has 0 bridgehead atoms. The molecule has 0 aliphatic carbocycles. The molecule has 0 radical (unpaired) electrons. The number of amides is 1. The number of aromatic nitrogens is 1. The number of benzene rings is 3. The van der Waals surface area contributed by atoms with Crippen LogP contribution >= 0.6 is 22.6 Å². The maximum atomic E-state index is 12.2. The van der Waals surface area contributed by atoms with Crippen molar-refractivity contribution < 1.29 is 9.72 Å². The lowest BCUT2D eigenvalue weighted by Gasteiger charge is -2.05. The molecule has 1 amide bonds. The van der Waals surface area contributed by atoms with E-state index in [9.17, 15) is 14.9 Å². The van der Waals surface area contributed by atoms with Crippen LogP contribution in [-0.4, -0.2) is 21.6 Å². The number of nitro groups is 1. The summed E-state index contributed by atoms with van der Waals surface area (Å²) in [7, 11) is 0. The van der Waals surface area contributed by atoms with Crippen LogP contribution in [0.25, 0.3) is 10.9 Å². The fraction of sp³-hybridized carbons (Fsp3) is 0.0833. The number of hydrogen-bond acceptors (Lipinski definition) is 4. The molecule has 160 valence electrons. The monoisotopic (exact) mass is 538 g/mol. The maximum absolute atomic E-state index is 12.2. The van der Waals surface area contributed by atoms with E-state index in [1.165, 1.54) is 21.3 Å². The van der Waals surface area contributed by atoms with Crippen molar-refractivity contribution >= 4 is 51.3 Å². The van der Waals surface area contributed by atoms with Crippen LogP contribution in [0.5, 0.6) is 0 Å². The van der Waals surface area contributed by atoms with Crippen molar-refractivity contribution in [3.05, 3.63) is 109 Å². The summed E-state index contributed by atoms with van der Waals surface area (Å²) in [5, 5.41) is 15.9. The van der Waals surface area contributed by atoms with E-state index in [1.807, 2.05) is 24.4 Å². The first-order valence-corrected chi connectivity index (χ1v) is 10.9. The summed E-state index contributed by atoms with van der Waals surface area (Å²) >= 11 is 2.29. The minimum Gasteiger partial charge on any atom is -0.342 e. The smallest absolute Gasteiger partial charge is 0.269 e. The molecule has 8 heteroatoms. The highest BCUT2D eigenvalue weighted by Gasteiger charge is 2.09. The number of carbonyl (C=O) groups excluding carboxylic acids is 1. The third-order valence-electron chi connectivity index (χ3n) is 4.99. The quantitative estimate of drug-likeness (QED) is 0.157. The predicted molar refractivity (Wildman–Crippen MR) is 133 cm³/mol. The van der Waals surface area contributed by atoms with E-state index in [0.717, 1.165) is 23.0 Å². The summed E-state index contributed by atoms with van der Waals surface area (Å²) < 4.78 is 3.36. The average Bonchev–Trinajstić information content (AvgIpc) is 3.13. The zero-order valence-corrected chi connectivity index (χ0v) is 19.1. The fourth-order valence-corrected chi connectivity index (χ4v) is 3.79.